The molecule has 0 aliphatic carbocycles. The molecule has 0 radical (unpaired) electrons. The molecule has 0 N–H and O–H groups in total. The lowest BCUT2D eigenvalue weighted by atomic mass is 10.1. The third-order valence-electron chi connectivity index (χ3n) is 1.77. The van der Waals surface area contributed by atoms with Gasteiger partial charge in [0.05, 0.1) is 5.92 Å². The van der Waals surface area contributed by atoms with Crippen LogP contribution in [0.1, 0.15) is 20.3 Å². The summed E-state index contributed by atoms with van der Waals surface area (Å²) in [5, 5.41) is 0. The number of carbonyl (C=O) groups excluding carboxylic acids is 1. The molecule has 0 bridgehead atoms. The van der Waals surface area contributed by atoms with E-state index in [-0.39, 0.29) is 11.9 Å². The smallest absolute Gasteiger partial charge is 0.315 e. The van der Waals surface area contributed by atoms with Crippen LogP contribution >= 0.6 is 0 Å². The minimum Gasteiger partial charge on any atom is -0.407 e. The Morgan fingerprint density at radius 2 is 2.46 bits per heavy atom. The van der Waals surface area contributed by atoms with Crippen LogP contribution in [0.3, 0.4) is 0 Å². The van der Waals surface area contributed by atoms with Crippen molar-refractivity contribution in [3.05, 3.63) is 18.6 Å². The van der Waals surface area contributed by atoms with Gasteiger partial charge in [-0.1, -0.05) is 13.8 Å². The topological polar surface area (TPSA) is 52.1 Å². The lowest BCUT2D eigenvalue weighted by Gasteiger charge is -2.06. The third kappa shape index (κ3) is 2.82. The summed E-state index contributed by atoms with van der Waals surface area (Å²) >= 11 is 0. The maximum atomic E-state index is 11.3. The number of rotatable bonds is 3. The highest BCUT2D eigenvalue weighted by Gasteiger charge is 2.12. The van der Waals surface area contributed by atoms with Crippen LogP contribution in [-0.2, 0) is 4.79 Å². The summed E-state index contributed by atoms with van der Waals surface area (Å²) < 4.78 is 4.98. The number of carbonyl (C=O) groups is 1. The molecule has 0 amide bonds. The van der Waals surface area contributed by atoms with Crippen LogP contribution in [0.5, 0.6) is 5.88 Å². The van der Waals surface area contributed by atoms with E-state index in [0.29, 0.717) is 5.88 Å². The largest absolute Gasteiger partial charge is 0.407 e. The van der Waals surface area contributed by atoms with E-state index in [9.17, 15) is 4.79 Å². The van der Waals surface area contributed by atoms with Crippen LogP contribution in [0.15, 0.2) is 18.6 Å². The van der Waals surface area contributed by atoms with E-state index in [1.54, 1.807) is 6.07 Å². The molecule has 0 fully saturated rings. The molecule has 4 heteroatoms. The molecular formula is C9H12N2O2. The Balaban J connectivity index is 2.55. The fourth-order valence-electron chi connectivity index (χ4n) is 0.709. The summed E-state index contributed by atoms with van der Waals surface area (Å²) in [5.74, 6) is -0.0311. The lowest BCUT2D eigenvalue weighted by Crippen LogP contribution is -2.17. The normalized spacial score (nSPS) is 12.2. The average Bonchev–Trinajstić information content (AvgIpc) is 2.18. The van der Waals surface area contributed by atoms with Crippen molar-refractivity contribution < 1.29 is 9.53 Å². The quantitative estimate of drug-likeness (QED) is 0.660. The van der Waals surface area contributed by atoms with Gasteiger partial charge in [0.1, 0.15) is 6.33 Å². The van der Waals surface area contributed by atoms with Crippen molar-refractivity contribution in [3.8, 4) is 5.88 Å². The Bertz CT molecular complexity index is 274. The third-order valence-corrected chi connectivity index (χ3v) is 1.77. The molecule has 13 heavy (non-hydrogen) atoms. The number of nitrogens with zero attached hydrogens (tertiary/aromatic N) is 2. The minimum atomic E-state index is -0.249. The molecule has 0 saturated carbocycles. The van der Waals surface area contributed by atoms with Gasteiger partial charge in [0.15, 0.2) is 0 Å². The molecule has 1 aromatic heterocycles. The number of ether oxygens (including phenoxy) is 1. The Morgan fingerprint density at radius 1 is 1.69 bits per heavy atom. The van der Waals surface area contributed by atoms with E-state index in [0.717, 1.165) is 6.42 Å². The van der Waals surface area contributed by atoms with Crippen LogP contribution in [0.25, 0.3) is 0 Å². The lowest BCUT2D eigenvalue weighted by molar-refractivity contribution is -0.138. The van der Waals surface area contributed by atoms with Gasteiger partial charge in [0, 0.05) is 12.3 Å². The van der Waals surface area contributed by atoms with Crippen molar-refractivity contribution in [1.29, 1.82) is 0 Å². The second-order valence-corrected chi connectivity index (χ2v) is 2.78. The highest BCUT2D eigenvalue weighted by molar-refractivity contribution is 5.74. The van der Waals surface area contributed by atoms with E-state index in [2.05, 4.69) is 9.97 Å². The summed E-state index contributed by atoms with van der Waals surface area (Å²) in [4.78, 5) is 18.8. The summed E-state index contributed by atoms with van der Waals surface area (Å²) in [5.41, 5.74) is 0. The van der Waals surface area contributed by atoms with Crippen LogP contribution in [-0.4, -0.2) is 15.9 Å². The zero-order chi connectivity index (χ0) is 9.68. The first-order valence-corrected chi connectivity index (χ1v) is 4.21. The van der Waals surface area contributed by atoms with Crippen molar-refractivity contribution in [3.63, 3.8) is 0 Å². The van der Waals surface area contributed by atoms with Gasteiger partial charge in [0.2, 0.25) is 5.88 Å². The van der Waals surface area contributed by atoms with Crippen molar-refractivity contribution in [2.24, 2.45) is 5.92 Å². The van der Waals surface area contributed by atoms with Gasteiger partial charge in [-0.15, -0.1) is 0 Å². The Hall–Kier alpha value is -1.45. The summed E-state index contributed by atoms with van der Waals surface area (Å²) in [6, 6.07) is 1.56. The first-order valence-electron chi connectivity index (χ1n) is 4.21. The molecule has 4 nitrogen and oxygen atoms in total. The number of esters is 1. The Kier molecular flexibility index (Phi) is 3.37. The van der Waals surface area contributed by atoms with Crippen LogP contribution < -0.4 is 4.74 Å². The molecule has 0 aliphatic heterocycles. The van der Waals surface area contributed by atoms with E-state index in [4.69, 9.17) is 4.74 Å². The van der Waals surface area contributed by atoms with E-state index >= 15 is 0 Å². The first-order chi connectivity index (χ1) is 6.24. The molecule has 0 saturated heterocycles. The number of hydrogen-bond donors (Lipinski definition) is 0. The highest BCUT2D eigenvalue weighted by Crippen LogP contribution is 2.08. The molecule has 1 aromatic rings. The van der Waals surface area contributed by atoms with Gasteiger partial charge >= 0.3 is 5.97 Å². The Morgan fingerprint density at radius 3 is 3.00 bits per heavy atom. The zero-order valence-corrected chi connectivity index (χ0v) is 7.73. The second kappa shape index (κ2) is 4.54. The number of hydrogen-bond acceptors (Lipinski definition) is 4. The minimum absolute atomic E-state index is 0.0880. The maximum absolute atomic E-state index is 11.3. The maximum Gasteiger partial charge on any atom is 0.315 e. The summed E-state index contributed by atoms with van der Waals surface area (Å²) in [6.07, 6.45) is 3.65. The van der Waals surface area contributed by atoms with Gasteiger partial charge in [-0.3, -0.25) is 4.79 Å². The molecule has 0 aliphatic rings. The number of aromatic nitrogens is 2. The van der Waals surface area contributed by atoms with Crippen molar-refractivity contribution in [2.75, 3.05) is 0 Å². The fourth-order valence-corrected chi connectivity index (χ4v) is 0.709. The fraction of sp³-hybridized carbons (Fsp3) is 0.444. The van der Waals surface area contributed by atoms with E-state index in [1.807, 2.05) is 13.8 Å². The predicted octanol–water partition coefficient (Wildman–Crippen LogP) is 1.43. The highest BCUT2D eigenvalue weighted by atomic mass is 16.5. The van der Waals surface area contributed by atoms with Crippen molar-refractivity contribution in [1.82, 2.24) is 9.97 Å². The molecule has 70 valence electrons. The molecule has 1 rings (SSSR count). The Labute approximate surface area is 77.0 Å². The summed E-state index contributed by atoms with van der Waals surface area (Å²) in [7, 11) is 0. The SMILES string of the molecule is CCC(C)C(=O)Oc1ccncn1. The average molecular weight is 180 g/mol. The van der Waals surface area contributed by atoms with Crippen LogP contribution in [0.2, 0.25) is 0 Å². The van der Waals surface area contributed by atoms with Crippen molar-refractivity contribution in [2.45, 2.75) is 20.3 Å². The van der Waals surface area contributed by atoms with Crippen LogP contribution in [0.4, 0.5) is 0 Å². The second-order valence-electron chi connectivity index (χ2n) is 2.78. The molecule has 1 unspecified atom stereocenters. The van der Waals surface area contributed by atoms with Gasteiger partial charge in [-0.2, -0.15) is 0 Å². The van der Waals surface area contributed by atoms with Crippen LogP contribution in [0, 0.1) is 5.92 Å². The van der Waals surface area contributed by atoms with Gasteiger partial charge < -0.3 is 4.74 Å². The first kappa shape index (κ1) is 9.64. The van der Waals surface area contributed by atoms with Gasteiger partial charge in [-0.25, -0.2) is 9.97 Å². The van der Waals surface area contributed by atoms with E-state index < -0.39 is 0 Å². The summed E-state index contributed by atoms with van der Waals surface area (Å²) in [6.45, 7) is 3.76. The monoisotopic (exact) mass is 180 g/mol. The van der Waals surface area contributed by atoms with Crippen molar-refractivity contribution >= 4 is 5.97 Å². The molecular weight excluding hydrogens is 168 g/mol. The molecule has 0 aromatic carbocycles. The standard InChI is InChI=1S/C9H12N2O2/c1-3-7(2)9(12)13-8-4-5-10-6-11-8/h4-7H,3H2,1-2H3. The van der Waals surface area contributed by atoms with Gasteiger partial charge in [0.25, 0.3) is 0 Å². The zero-order valence-electron chi connectivity index (χ0n) is 7.73. The molecule has 1 atom stereocenters. The van der Waals surface area contributed by atoms with E-state index in [1.165, 1.54) is 12.5 Å². The molecule has 1 heterocycles. The predicted molar refractivity (Wildman–Crippen MR) is 47.1 cm³/mol. The molecule has 0 spiro atoms. The van der Waals surface area contributed by atoms with Gasteiger partial charge in [-0.05, 0) is 6.42 Å².